The second kappa shape index (κ2) is 6.36. The fraction of sp³-hybridized carbons (Fsp3) is 0.714. The Morgan fingerprint density at radius 2 is 2.40 bits per heavy atom. The number of thioether (sulfide) groups is 1. The monoisotopic (exact) mass is 231 g/mol. The molecule has 7 nitrogen and oxygen atoms in total. The Labute approximate surface area is 90.8 Å². The second-order valence-corrected chi connectivity index (χ2v) is 4.05. The molecular weight excluding hydrogens is 218 g/mol. The molecule has 1 unspecified atom stereocenters. The molecule has 0 aliphatic heterocycles. The molecule has 1 atom stereocenters. The van der Waals surface area contributed by atoms with Gasteiger partial charge in [0.1, 0.15) is 6.04 Å². The molecule has 0 saturated carbocycles. The Kier molecular flexibility index (Phi) is 5.05. The van der Waals surface area contributed by atoms with E-state index in [1.165, 1.54) is 11.8 Å². The number of nitrogens with one attached hydrogen (secondary N) is 1. The molecule has 0 radical (unpaired) electrons. The van der Waals surface area contributed by atoms with Gasteiger partial charge in [-0.3, -0.25) is 4.79 Å². The predicted molar refractivity (Wildman–Crippen MR) is 54.4 cm³/mol. The van der Waals surface area contributed by atoms with Crippen molar-refractivity contribution in [2.24, 2.45) is 5.73 Å². The minimum Gasteiger partial charge on any atom is -0.480 e. The summed E-state index contributed by atoms with van der Waals surface area (Å²) >= 11 is 1.48. The van der Waals surface area contributed by atoms with Gasteiger partial charge in [-0.15, -0.1) is 10.2 Å². The van der Waals surface area contributed by atoms with Gasteiger partial charge in [0.15, 0.2) is 0 Å². The van der Waals surface area contributed by atoms with E-state index in [1.807, 2.05) is 0 Å². The zero-order valence-electron chi connectivity index (χ0n) is 8.09. The van der Waals surface area contributed by atoms with Gasteiger partial charge in [0, 0.05) is 5.75 Å². The number of carboxylic acid groups (broad SMARTS) is 1. The van der Waals surface area contributed by atoms with Gasteiger partial charge in [0.25, 0.3) is 0 Å². The first-order chi connectivity index (χ1) is 7.20. The lowest BCUT2D eigenvalue weighted by atomic mass is 10.1. The van der Waals surface area contributed by atoms with Crippen molar-refractivity contribution in [1.82, 2.24) is 20.6 Å². The molecular formula is C7H13N5O2S. The molecule has 1 rings (SSSR count). The number of hydrogen-bond donors (Lipinski definition) is 3. The van der Waals surface area contributed by atoms with Gasteiger partial charge in [-0.25, -0.2) is 0 Å². The fourth-order valence-electron chi connectivity index (χ4n) is 0.967. The van der Waals surface area contributed by atoms with Crippen molar-refractivity contribution in [3.8, 4) is 0 Å². The van der Waals surface area contributed by atoms with Crippen molar-refractivity contribution < 1.29 is 9.90 Å². The van der Waals surface area contributed by atoms with E-state index in [-0.39, 0.29) is 0 Å². The first-order valence-corrected chi connectivity index (χ1v) is 5.53. The summed E-state index contributed by atoms with van der Waals surface area (Å²) in [6, 6.07) is -0.750. The van der Waals surface area contributed by atoms with Crippen LogP contribution in [0.25, 0.3) is 0 Å². The smallest absolute Gasteiger partial charge is 0.320 e. The Balaban J connectivity index is 2.00. The maximum Gasteiger partial charge on any atom is 0.320 e. The topological polar surface area (TPSA) is 118 Å². The molecule has 0 aliphatic carbocycles. The van der Waals surface area contributed by atoms with Gasteiger partial charge < -0.3 is 10.8 Å². The Hall–Kier alpha value is -1.15. The molecule has 8 heteroatoms. The third-order valence-electron chi connectivity index (χ3n) is 1.78. The highest BCUT2D eigenvalue weighted by atomic mass is 32.2. The van der Waals surface area contributed by atoms with Crippen LogP contribution in [-0.4, -0.2) is 43.5 Å². The molecule has 84 valence electrons. The number of tetrazole rings is 1. The molecule has 4 N–H and O–H groups in total. The van der Waals surface area contributed by atoms with Crippen molar-refractivity contribution in [1.29, 1.82) is 0 Å². The minimum absolute atomic E-state index is 0.502. The number of hydrogen-bond acceptors (Lipinski definition) is 6. The Morgan fingerprint density at radius 1 is 1.60 bits per heavy atom. The van der Waals surface area contributed by atoms with E-state index in [0.717, 1.165) is 18.6 Å². The first kappa shape index (κ1) is 11.9. The van der Waals surface area contributed by atoms with Gasteiger partial charge in [-0.1, -0.05) is 18.2 Å². The molecule has 1 aromatic rings. The van der Waals surface area contributed by atoms with Gasteiger partial charge in [-0.2, -0.15) is 5.21 Å². The average molecular weight is 231 g/mol. The maximum absolute atomic E-state index is 10.4. The summed E-state index contributed by atoms with van der Waals surface area (Å²) in [6.07, 6.45) is 2.18. The minimum atomic E-state index is -0.944. The SMILES string of the molecule is NC(CCCCSc1nn[nH]n1)C(=O)O. The number of nitrogens with two attached hydrogens (primary N) is 1. The number of aromatic amines is 1. The Morgan fingerprint density at radius 3 is 3.00 bits per heavy atom. The number of aliphatic carboxylic acids is 1. The molecule has 15 heavy (non-hydrogen) atoms. The van der Waals surface area contributed by atoms with Crippen LogP contribution in [-0.2, 0) is 4.79 Å². The number of rotatable bonds is 7. The number of nitrogens with zero attached hydrogens (tertiary/aromatic N) is 3. The van der Waals surface area contributed by atoms with Gasteiger partial charge in [-0.05, 0) is 18.1 Å². The average Bonchev–Trinajstić information content (AvgIpc) is 2.69. The lowest BCUT2D eigenvalue weighted by molar-refractivity contribution is -0.138. The van der Waals surface area contributed by atoms with Crippen LogP contribution in [0.5, 0.6) is 0 Å². The van der Waals surface area contributed by atoms with E-state index in [0.29, 0.717) is 11.6 Å². The summed E-state index contributed by atoms with van der Waals surface area (Å²) in [7, 11) is 0. The number of aromatic nitrogens is 4. The van der Waals surface area contributed by atoms with E-state index in [2.05, 4.69) is 20.6 Å². The summed E-state index contributed by atoms with van der Waals surface area (Å²) in [5, 5.41) is 22.5. The van der Waals surface area contributed by atoms with Crippen LogP contribution in [0.2, 0.25) is 0 Å². The molecule has 0 saturated heterocycles. The molecule has 0 spiro atoms. The highest BCUT2D eigenvalue weighted by Gasteiger charge is 2.10. The molecule has 0 bridgehead atoms. The maximum atomic E-state index is 10.4. The van der Waals surface area contributed by atoms with Crippen molar-refractivity contribution >= 4 is 17.7 Å². The third kappa shape index (κ3) is 4.75. The van der Waals surface area contributed by atoms with Crippen molar-refractivity contribution in [3.63, 3.8) is 0 Å². The number of unbranched alkanes of at least 4 members (excludes halogenated alkanes) is 1. The van der Waals surface area contributed by atoms with Crippen molar-refractivity contribution in [2.45, 2.75) is 30.5 Å². The summed E-state index contributed by atoms with van der Waals surface area (Å²) in [5.74, 6) is -0.105. The number of carbonyl (C=O) groups is 1. The molecule has 0 aliphatic rings. The van der Waals surface area contributed by atoms with Crippen LogP contribution in [0, 0.1) is 0 Å². The third-order valence-corrected chi connectivity index (χ3v) is 2.71. The summed E-state index contributed by atoms with van der Waals surface area (Å²) < 4.78 is 0. The van der Waals surface area contributed by atoms with Crippen LogP contribution >= 0.6 is 11.8 Å². The summed E-state index contributed by atoms with van der Waals surface area (Å²) in [5.41, 5.74) is 5.35. The summed E-state index contributed by atoms with van der Waals surface area (Å²) in [6.45, 7) is 0. The fourth-order valence-corrected chi connectivity index (χ4v) is 1.70. The zero-order valence-corrected chi connectivity index (χ0v) is 8.90. The quantitative estimate of drug-likeness (QED) is 0.442. The van der Waals surface area contributed by atoms with E-state index >= 15 is 0 Å². The van der Waals surface area contributed by atoms with Crippen LogP contribution in [0.15, 0.2) is 5.16 Å². The summed E-state index contributed by atoms with van der Waals surface area (Å²) in [4.78, 5) is 10.4. The van der Waals surface area contributed by atoms with E-state index < -0.39 is 12.0 Å². The Bertz CT molecular complexity index is 292. The highest BCUT2D eigenvalue weighted by Crippen LogP contribution is 2.13. The number of H-pyrrole nitrogens is 1. The second-order valence-electron chi connectivity index (χ2n) is 2.98. The first-order valence-electron chi connectivity index (χ1n) is 4.55. The molecule has 1 heterocycles. The lowest BCUT2D eigenvalue weighted by Crippen LogP contribution is -2.29. The van der Waals surface area contributed by atoms with Gasteiger partial charge in [0.05, 0.1) is 0 Å². The molecule has 0 aromatic carbocycles. The number of carboxylic acids is 1. The molecule has 1 aromatic heterocycles. The predicted octanol–water partition coefficient (Wildman–Crippen LogP) is -0.126. The zero-order chi connectivity index (χ0) is 11.1. The van der Waals surface area contributed by atoms with Gasteiger partial charge in [0.2, 0.25) is 5.16 Å². The molecule has 0 amide bonds. The van der Waals surface area contributed by atoms with Crippen molar-refractivity contribution in [3.05, 3.63) is 0 Å². The van der Waals surface area contributed by atoms with Crippen molar-refractivity contribution in [2.75, 3.05) is 5.75 Å². The lowest BCUT2D eigenvalue weighted by Gasteiger charge is -2.04. The normalized spacial score (nSPS) is 12.6. The van der Waals surface area contributed by atoms with E-state index in [4.69, 9.17) is 10.8 Å². The van der Waals surface area contributed by atoms with Crippen LogP contribution in [0.1, 0.15) is 19.3 Å². The largest absolute Gasteiger partial charge is 0.480 e. The standard InChI is InChI=1S/C7H13N5O2S/c8-5(6(13)14)3-1-2-4-15-7-9-11-12-10-7/h5H,1-4,8H2,(H,13,14)(H,9,10,11,12). The van der Waals surface area contributed by atoms with E-state index in [9.17, 15) is 4.79 Å². The van der Waals surface area contributed by atoms with Gasteiger partial charge >= 0.3 is 5.97 Å². The van der Waals surface area contributed by atoms with Crippen LogP contribution in [0.3, 0.4) is 0 Å². The molecule has 0 fully saturated rings. The van der Waals surface area contributed by atoms with Crippen LogP contribution < -0.4 is 5.73 Å². The van der Waals surface area contributed by atoms with Crippen LogP contribution in [0.4, 0.5) is 0 Å². The van der Waals surface area contributed by atoms with E-state index in [1.54, 1.807) is 0 Å². The highest BCUT2D eigenvalue weighted by molar-refractivity contribution is 7.99.